The van der Waals surface area contributed by atoms with E-state index in [4.69, 9.17) is 10.5 Å². The molecule has 2 atom stereocenters. The van der Waals surface area contributed by atoms with Crippen LogP contribution >= 0.6 is 0 Å². The summed E-state index contributed by atoms with van der Waals surface area (Å²) in [6, 6.07) is 0. The van der Waals surface area contributed by atoms with E-state index in [0.717, 1.165) is 13.0 Å². The van der Waals surface area contributed by atoms with Crippen LogP contribution < -0.4 is 11.1 Å². The SMILES string of the molecule is CCCCC(CC)COCC(O)CNCCC(N)=O. The Bertz CT molecular complexity index is 225. The van der Waals surface area contributed by atoms with Crippen LogP contribution in [-0.2, 0) is 9.53 Å². The Kier molecular flexibility index (Phi) is 12.0. The minimum atomic E-state index is -0.531. The summed E-state index contributed by atoms with van der Waals surface area (Å²) in [5, 5.41) is 12.6. The van der Waals surface area contributed by atoms with Crippen LogP contribution in [0.4, 0.5) is 0 Å². The van der Waals surface area contributed by atoms with Gasteiger partial charge in [-0.15, -0.1) is 0 Å². The summed E-state index contributed by atoms with van der Waals surface area (Å²) < 4.78 is 5.54. The van der Waals surface area contributed by atoms with Gasteiger partial charge in [-0.25, -0.2) is 0 Å². The topological polar surface area (TPSA) is 84.6 Å². The fourth-order valence-corrected chi connectivity index (χ4v) is 1.81. The van der Waals surface area contributed by atoms with Crippen LogP contribution in [0.1, 0.15) is 46.0 Å². The van der Waals surface area contributed by atoms with E-state index in [0.29, 0.717) is 32.0 Å². The van der Waals surface area contributed by atoms with E-state index >= 15 is 0 Å². The molecule has 5 heteroatoms. The number of unbranched alkanes of at least 4 members (excludes halogenated alkanes) is 1. The average molecular weight is 274 g/mol. The van der Waals surface area contributed by atoms with Gasteiger partial charge in [0.15, 0.2) is 0 Å². The number of primary amides is 1. The predicted octanol–water partition coefficient (Wildman–Crippen LogP) is 1.05. The molecular weight excluding hydrogens is 244 g/mol. The number of aliphatic hydroxyl groups is 1. The minimum Gasteiger partial charge on any atom is -0.389 e. The predicted molar refractivity (Wildman–Crippen MR) is 76.8 cm³/mol. The van der Waals surface area contributed by atoms with Gasteiger partial charge in [-0.3, -0.25) is 4.79 Å². The third-order valence-electron chi connectivity index (χ3n) is 3.14. The van der Waals surface area contributed by atoms with Crippen molar-refractivity contribution >= 4 is 5.91 Å². The molecule has 0 rings (SSSR count). The third-order valence-corrected chi connectivity index (χ3v) is 3.14. The van der Waals surface area contributed by atoms with Crippen LogP contribution in [0.5, 0.6) is 0 Å². The lowest BCUT2D eigenvalue weighted by Gasteiger charge is -2.17. The summed E-state index contributed by atoms with van der Waals surface area (Å²) in [6.07, 6.45) is 4.52. The molecule has 0 aliphatic heterocycles. The third kappa shape index (κ3) is 12.1. The van der Waals surface area contributed by atoms with Crippen molar-refractivity contribution in [2.45, 2.75) is 52.1 Å². The number of ether oxygens (including phenoxy) is 1. The molecule has 0 bridgehead atoms. The van der Waals surface area contributed by atoms with Crippen LogP contribution in [0, 0.1) is 5.92 Å². The smallest absolute Gasteiger partial charge is 0.218 e. The number of hydrogen-bond acceptors (Lipinski definition) is 4. The van der Waals surface area contributed by atoms with Crippen molar-refractivity contribution in [1.29, 1.82) is 0 Å². The van der Waals surface area contributed by atoms with Gasteiger partial charge in [0.2, 0.25) is 5.91 Å². The van der Waals surface area contributed by atoms with Gasteiger partial charge in [0.25, 0.3) is 0 Å². The van der Waals surface area contributed by atoms with E-state index < -0.39 is 6.10 Å². The maximum absolute atomic E-state index is 10.5. The highest BCUT2D eigenvalue weighted by atomic mass is 16.5. The van der Waals surface area contributed by atoms with Gasteiger partial charge in [-0.1, -0.05) is 33.1 Å². The van der Waals surface area contributed by atoms with Crippen LogP contribution in [0.15, 0.2) is 0 Å². The number of carbonyl (C=O) groups excluding carboxylic acids is 1. The molecule has 0 heterocycles. The van der Waals surface area contributed by atoms with E-state index in [9.17, 15) is 9.90 Å². The first-order chi connectivity index (χ1) is 9.10. The second-order valence-electron chi connectivity index (χ2n) is 5.03. The number of nitrogens with two attached hydrogens (primary N) is 1. The van der Waals surface area contributed by atoms with E-state index in [2.05, 4.69) is 19.2 Å². The highest BCUT2D eigenvalue weighted by molar-refractivity contribution is 5.73. The Morgan fingerprint density at radius 3 is 2.68 bits per heavy atom. The molecule has 0 aliphatic rings. The van der Waals surface area contributed by atoms with Gasteiger partial charge in [0.05, 0.1) is 12.7 Å². The number of aliphatic hydroxyl groups excluding tert-OH is 1. The molecule has 0 fully saturated rings. The van der Waals surface area contributed by atoms with Crippen molar-refractivity contribution in [1.82, 2.24) is 5.32 Å². The number of hydrogen-bond donors (Lipinski definition) is 3. The number of amides is 1. The molecule has 0 saturated heterocycles. The second-order valence-corrected chi connectivity index (χ2v) is 5.03. The van der Waals surface area contributed by atoms with E-state index in [1.807, 2.05) is 0 Å². The zero-order chi connectivity index (χ0) is 14.5. The van der Waals surface area contributed by atoms with Crippen molar-refractivity contribution < 1.29 is 14.6 Å². The molecule has 19 heavy (non-hydrogen) atoms. The van der Waals surface area contributed by atoms with Gasteiger partial charge >= 0.3 is 0 Å². The fraction of sp³-hybridized carbons (Fsp3) is 0.929. The van der Waals surface area contributed by atoms with Gasteiger partial charge in [0, 0.05) is 26.1 Å². The van der Waals surface area contributed by atoms with Crippen LogP contribution in [0.2, 0.25) is 0 Å². The van der Waals surface area contributed by atoms with E-state index in [1.54, 1.807) is 0 Å². The lowest BCUT2D eigenvalue weighted by atomic mass is 10.0. The van der Waals surface area contributed by atoms with E-state index in [1.165, 1.54) is 19.3 Å². The van der Waals surface area contributed by atoms with Gasteiger partial charge < -0.3 is 20.9 Å². The molecule has 0 radical (unpaired) electrons. The van der Waals surface area contributed by atoms with Crippen molar-refractivity contribution in [3.8, 4) is 0 Å². The zero-order valence-electron chi connectivity index (χ0n) is 12.4. The molecule has 0 spiro atoms. The molecule has 0 aromatic heterocycles. The summed E-state index contributed by atoms with van der Waals surface area (Å²) in [6.45, 7) is 6.35. The van der Waals surface area contributed by atoms with Crippen LogP contribution in [-0.4, -0.2) is 43.4 Å². The molecular formula is C14H30N2O3. The first-order valence-corrected chi connectivity index (χ1v) is 7.34. The van der Waals surface area contributed by atoms with Crippen LogP contribution in [0.25, 0.3) is 0 Å². The van der Waals surface area contributed by atoms with Gasteiger partial charge in [-0.2, -0.15) is 0 Å². The summed E-state index contributed by atoms with van der Waals surface area (Å²) in [5.41, 5.74) is 5.01. The monoisotopic (exact) mass is 274 g/mol. The van der Waals surface area contributed by atoms with Gasteiger partial charge in [-0.05, 0) is 12.3 Å². The first-order valence-electron chi connectivity index (χ1n) is 7.34. The maximum Gasteiger partial charge on any atom is 0.218 e. The van der Waals surface area contributed by atoms with E-state index in [-0.39, 0.29) is 5.91 Å². The number of carbonyl (C=O) groups is 1. The molecule has 0 saturated carbocycles. The molecule has 5 nitrogen and oxygen atoms in total. The molecule has 0 aliphatic carbocycles. The summed E-state index contributed by atoms with van der Waals surface area (Å²) in [4.78, 5) is 10.5. The summed E-state index contributed by atoms with van der Waals surface area (Å²) >= 11 is 0. The lowest BCUT2D eigenvalue weighted by Crippen LogP contribution is -2.33. The number of rotatable bonds is 13. The van der Waals surface area contributed by atoms with Crippen molar-refractivity contribution in [2.24, 2.45) is 11.7 Å². The molecule has 0 aromatic carbocycles. The Balaban J connectivity index is 3.49. The summed E-state index contributed by atoms with van der Waals surface area (Å²) in [7, 11) is 0. The first kappa shape index (κ1) is 18.4. The minimum absolute atomic E-state index is 0.294. The van der Waals surface area contributed by atoms with Crippen molar-refractivity contribution in [3.63, 3.8) is 0 Å². The zero-order valence-corrected chi connectivity index (χ0v) is 12.4. The second kappa shape index (κ2) is 12.4. The Labute approximate surface area is 116 Å². The summed E-state index contributed by atoms with van der Waals surface area (Å²) in [5.74, 6) is 0.259. The lowest BCUT2D eigenvalue weighted by molar-refractivity contribution is -0.117. The average Bonchev–Trinajstić information content (AvgIpc) is 2.38. The number of nitrogens with one attached hydrogen (secondary N) is 1. The van der Waals surface area contributed by atoms with Crippen molar-refractivity contribution in [3.05, 3.63) is 0 Å². The van der Waals surface area contributed by atoms with Crippen LogP contribution in [0.3, 0.4) is 0 Å². The Morgan fingerprint density at radius 1 is 1.37 bits per heavy atom. The largest absolute Gasteiger partial charge is 0.389 e. The molecule has 2 unspecified atom stereocenters. The van der Waals surface area contributed by atoms with Gasteiger partial charge in [0.1, 0.15) is 0 Å². The molecule has 114 valence electrons. The van der Waals surface area contributed by atoms with Crippen molar-refractivity contribution in [2.75, 3.05) is 26.3 Å². The maximum atomic E-state index is 10.5. The standard InChI is InChI=1S/C14H30N2O3/c1-3-5-6-12(4-2)10-19-11-13(17)9-16-8-7-14(15)18/h12-13,16-17H,3-11H2,1-2H3,(H2,15,18). The molecule has 4 N–H and O–H groups in total. The Hall–Kier alpha value is -0.650. The fourth-order valence-electron chi connectivity index (χ4n) is 1.81. The highest BCUT2D eigenvalue weighted by Gasteiger charge is 2.08. The Morgan fingerprint density at radius 2 is 2.11 bits per heavy atom. The normalized spacial score (nSPS) is 14.3. The molecule has 1 amide bonds. The quantitative estimate of drug-likeness (QED) is 0.438. The highest BCUT2D eigenvalue weighted by Crippen LogP contribution is 2.12. The molecule has 0 aromatic rings.